The number of hydrogen-bond acceptors (Lipinski definition) is 4. The fraction of sp³-hybridized carbons (Fsp3) is 0.100. The van der Waals surface area contributed by atoms with E-state index < -0.39 is 0 Å². The molecule has 2 amide bonds. The molecule has 2 N–H and O–H groups in total. The van der Waals surface area contributed by atoms with Gasteiger partial charge in [-0.25, -0.2) is 0 Å². The van der Waals surface area contributed by atoms with E-state index in [1.54, 1.807) is 31.2 Å². The standard InChI is InChI=1S/C20H16Cl2N2O2S2/c1-12(19(25)24-17-8-7-13(21)10-16(17)22)28-15-5-2-4-14(11-15)23-20(26)18-6-3-9-27-18/h2-12H,1H3,(H,23,26)(H,24,25). The Morgan fingerprint density at radius 1 is 1.04 bits per heavy atom. The van der Waals surface area contributed by atoms with Crippen LogP contribution in [0.1, 0.15) is 16.6 Å². The Morgan fingerprint density at radius 3 is 2.57 bits per heavy atom. The summed E-state index contributed by atoms with van der Waals surface area (Å²) >= 11 is 14.8. The molecule has 28 heavy (non-hydrogen) atoms. The Bertz CT molecular complexity index is 994. The molecule has 0 aliphatic rings. The third-order valence-electron chi connectivity index (χ3n) is 3.71. The van der Waals surface area contributed by atoms with Gasteiger partial charge in [-0.1, -0.05) is 35.3 Å². The highest BCUT2D eigenvalue weighted by molar-refractivity contribution is 8.00. The van der Waals surface area contributed by atoms with Gasteiger partial charge in [0.2, 0.25) is 5.91 Å². The second-order valence-electron chi connectivity index (χ2n) is 5.83. The summed E-state index contributed by atoms with van der Waals surface area (Å²) in [6, 6.07) is 15.9. The van der Waals surface area contributed by atoms with E-state index in [0.29, 0.717) is 26.3 Å². The van der Waals surface area contributed by atoms with Crippen molar-refractivity contribution < 1.29 is 9.59 Å². The maximum atomic E-state index is 12.5. The minimum Gasteiger partial charge on any atom is -0.324 e. The first-order valence-corrected chi connectivity index (χ1v) is 10.8. The number of hydrogen-bond donors (Lipinski definition) is 2. The minimum absolute atomic E-state index is 0.152. The maximum Gasteiger partial charge on any atom is 0.265 e. The second-order valence-corrected chi connectivity index (χ2v) is 9.04. The van der Waals surface area contributed by atoms with Crippen LogP contribution in [0.3, 0.4) is 0 Å². The predicted octanol–water partition coefficient (Wildman–Crippen LogP) is 6.43. The van der Waals surface area contributed by atoms with Crippen molar-refractivity contribution in [1.29, 1.82) is 0 Å². The van der Waals surface area contributed by atoms with E-state index in [0.717, 1.165) is 4.90 Å². The maximum absolute atomic E-state index is 12.5. The molecule has 3 aromatic rings. The Balaban J connectivity index is 1.62. The van der Waals surface area contributed by atoms with Crippen LogP contribution in [0, 0.1) is 0 Å². The van der Waals surface area contributed by atoms with E-state index in [1.165, 1.54) is 23.1 Å². The molecule has 4 nitrogen and oxygen atoms in total. The van der Waals surface area contributed by atoms with Gasteiger partial charge in [0.05, 0.1) is 20.8 Å². The molecule has 2 aromatic carbocycles. The van der Waals surface area contributed by atoms with Crippen LogP contribution in [0.5, 0.6) is 0 Å². The van der Waals surface area contributed by atoms with Crippen LogP contribution >= 0.6 is 46.3 Å². The van der Waals surface area contributed by atoms with Gasteiger partial charge in [0, 0.05) is 15.6 Å². The minimum atomic E-state index is -0.366. The lowest BCUT2D eigenvalue weighted by atomic mass is 10.3. The molecule has 0 bridgehead atoms. The van der Waals surface area contributed by atoms with Gasteiger partial charge in [-0.05, 0) is 54.8 Å². The highest BCUT2D eigenvalue weighted by atomic mass is 35.5. The van der Waals surface area contributed by atoms with Crippen LogP contribution in [-0.4, -0.2) is 17.1 Å². The fourth-order valence-corrected chi connectivity index (χ4v) is 4.33. The molecule has 1 aromatic heterocycles. The molecule has 0 aliphatic carbocycles. The molecule has 0 fully saturated rings. The van der Waals surface area contributed by atoms with Crippen molar-refractivity contribution in [1.82, 2.24) is 0 Å². The van der Waals surface area contributed by atoms with Gasteiger partial charge in [-0.2, -0.15) is 0 Å². The van der Waals surface area contributed by atoms with Gasteiger partial charge >= 0.3 is 0 Å². The lowest BCUT2D eigenvalue weighted by molar-refractivity contribution is -0.115. The number of rotatable bonds is 6. The van der Waals surface area contributed by atoms with Gasteiger partial charge in [0.15, 0.2) is 0 Å². The SMILES string of the molecule is CC(Sc1cccc(NC(=O)c2cccs2)c1)C(=O)Nc1ccc(Cl)cc1Cl. The molecule has 0 saturated carbocycles. The van der Waals surface area contributed by atoms with E-state index in [4.69, 9.17) is 23.2 Å². The summed E-state index contributed by atoms with van der Waals surface area (Å²) in [6.07, 6.45) is 0. The summed E-state index contributed by atoms with van der Waals surface area (Å²) in [5.74, 6) is -0.331. The number of nitrogens with one attached hydrogen (secondary N) is 2. The number of thiophene rings is 1. The van der Waals surface area contributed by atoms with Crippen molar-refractivity contribution in [3.8, 4) is 0 Å². The Hall–Kier alpha value is -1.99. The first-order valence-electron chi connectivity index (χ1n) is 8.30. The number of thioether (sulfide) groups is 1. The molecule has 8 heteroatoms. The average molecular weight is 451 g/mol. The summed E-state index contributed by atoms with van der Waals surface area (Å²) in [5, 5.41) is 8.05. The number of carbonyl (C=O) groups is 2. The zero-order valence-corrected chi connectivity index (χ0v) is 17.9. The van der Waals surface area contributed by atoms with Crippen molar-refractivity contribution in [2.45, 2.75) is 17.1 Å². The van der Waals surface area contributed by atoms with Gasteiger partial charge in [0.25, 0.3) is 5.91 Å². The smallest absolute Gasteiger partial charge is 0.265 e. The zero-order chi connectivity index (χ0) is 20.1. The topological polar surface area (TPSA) is 58.2 Å². The first-order chi connectivity index (χ1) is 13.4. The molecule has 0 aliphatic heterocycles. The summed E-state index contributed by atoms with van der Waals surface area (Å²) in [5.41, 5.74) is 1.19. The monoisotopic (exact) mass is 450 g/mol. The lowest BCUT2D eigenvalue weighted by Crippen LogP contribution is -2.22. The highest BCUT2D eigenvalue weighted by Gasteiger charge is 2.16. The second kappa shape index (κ2) is 9.47. The predicted molar refractivity (Wildman–Crippen MR) is 119 cm³/mol. The Labute approximate surface area is 181 Å². The molecular formula is C20H16Cl2N2O2S2. The van der Waals surface area contributed by atoms with E-state index in [9.17, 15) is 9.59 Å². The summed E-state index contributed by atoms with van der Waals surface area (Å²) < 4.78 is 0. The molecular weight excluding hydrogens is 435 g/mol. The van der Waals surface area contributed by atoms with Crippen molar-refractivity contribution in [3.05, 3.63) is 74.9 Å². The first kappa shape index (κ1) is 20.7. The number of carbonyl (C=O) groups excluding carboxylic acids is 2. The number of amides is 2. The molecule has 144 valence electrons. The van der Waals surface area contributed by atoms with Crippen molar-refractivity contribution in [2.24, 2.45) is 0 Å². The normalized spacial score (nSPS) is 11.7. The van der Waals surface area contributed by atoms with Crippen LogP contribution < -0.4 is 10.6 Å². The molecule has 0 saturated heterocycles. The third-order valence-corrected chi connectivity index (χ3v) is 6.22. The molecule has 1 atom stereocenters. The van der Waals surface area contributed by atoms with Gasteiger partial charge in [-0.15, -0.1) is 23.1 Å². The van der Waals surface area contributed by atoms with E-state index in [2.05, 4.69) is 10.6 Å². The van der Waals surface area contributed by atoms with Gasteiger partial charge in [-0.3, -0.25) is 9.59 Å². The lowest BCUT2D eigenvalue weighted by Gasteiger charge is -2.14. The molecule has 1 unspecified atom stereocenters. The molecule has 0 spiro atoms. The van der Waals surface area contributed by atoms with Crippen LogP contribution in [0.15, 0.2) is 64.9 Å². The number of halogens is 2. The van der Waals surface area contributed by atoms with Crippen LogP contribution in [0.25, 0.3) is 0 Å². The van der Waals surface area contributed by atoms with E-state index >= 15 is 0 Å². The number of benzene rings is 2. The largest absolute Gasteiger partial charge is 0.324 e. The van der Waals surface area contributed by atoms with Crippen LogP contribution in [0.2, 0.25) is 10.0 Å². The zero-order valence-electron chi connectivity index (χ0n) is 14.7. The molecule has 0 radical (unpaired) electrons. The molecule has 1 heterocycles. The van der Waals surface area contributed by atoms with Crippen molar-refractivity contribution in [3.63, 3.8) is 0 Å². The van der Waals surface area contributed by atoms with Crippen LogP contribution in [0.4, 0.5) is 11.4 Å². The van der Waals surface area contributed by atoms with E-state index in [1.807, 2.05) is 35.7 Å². The average Bonchev–Trinajstić information content (AvgIpc) is 3.19. The van der Waals surface area contributed by atoms with E-state index in [-0.39, 0.29) is 17.1 Å². The fourth-order valence-electron chi connectivity index (χ4n) is 2.33. The number of anilines is 2. The Kier molecular flexibility index (Phi) is 7.02. The van der Waals surface area contributed by atoms with Gasteiger partial charge < -0.3 is 10.6 Å². The van der Waals surface area contributed by atoms with Gasteiger partial charge in [0.1, 0.15) is 0 Å². The van der Waals surface area contributed by atoms with Crippen molar-refractivity contribution >= 4 is 69.5 Å². The summed E-state index contributed by atoms with van der Waals surface area (Å²) in [4.78, 5) is 26.2. The van der Waals surface area contributed by atoms with Crippen molar-refractivity contribution in [2.75, 3.05) is 10.6 Å². The highest BCUT2D eigenvalue weighted by Crippen LogP contribution is 2.29. The Morgan fingerprint density at radius 2 is 1.86 bits per heavy atom. The molecule has 3 rings (SSSR count). The third kappa shape index (κ3) is 5.52. The quantitative estimate of drug-likeness (QED) is 0.425. The summed E-state index contributed by atoms with van der Waals surface area (Å²) in [7, 11) is 0. The van der Waals surface area contributed by atoms with Crippen LogP contribution in [-0.2, 0) is 4.79 Å². The summed E-state index contributed by atoms with van der Waals surface area (Å²) in [6.45, 7) is 1.81.